The van der Waals surface area contributed by atoms with Crippen molar-refractivity contribution in [3.63, 3.8) is 0 Å². The Morgan fingerprint density at radius 3 is 2.08 bits per heavy atom. The van der Waals surface area contributed by atoms with E-state index in [4.69, 9.17) is 4.74 Å². The van der Waals surface area contributed by atoms with E-state index in [-0.39, 0.29) is 17.2 Å². The molecule has 3 nitrogen and oxygen atoms in total. The number of rotatable bonds is 1. The largest absolute Gasteiger partial charge is 0.451 e. The van der Waals surface area contributed by atoms with Gasteiger partial charge in [0.15, 0.2) is 11.4 Å². The predicted molar refractivity (Wildman–Crippen MR) is 43.6 cm³/mol. The minimum atomic E-state index is -0.927. The number of esters is 1. The number of hydrogen-bond donors (Lipinski definition) is 0. The molecular weight excluding hydrogens is 156 g/mol. The molecule has 0 saturated carbocycles. The van der Waals surface area contributed by atoms with Gasteiger partial charge in [0.25, 0.3) is 0 Å². The van der Waals surface area contributed by atoms with Gasteiger partial charge in [-0.25, -0.2) is 0 Å². The second kappa shape index (κ2) is 2.31. The molecule has 0 aromatic carbocycles. The molecule has 1 aliphatic rings. The third-order valence-corrected chi connectivity index (χ3v) is 2.87. The Kier molecular flexibility index (Phi) is 1.78. The summed E-state index contributed by atoms with van der Waals surface area (Å²) in [7, 11) is 0. The van der Waals surface area contributed by atoms with E-state index in [1.54, 1.807) is 6.92 Å². The minimum absolute atomic E-state index is 0.0849. The molecule has 1 aliphatic heterocycles. The number of carbonyl (C=O) groups excluding carboxylic acids is 2. The van der Waals surface area contributed by atoms with Crippen LogP contribution in [0.15, 0.2) is 0 Å². The maximum absolute atomic E-state index is 11.3. The van der Waals surface area contributed by atoms with Crippen LogP contribution in [-0.4, -0.2) is 17.4 Å². The normalized spacial score (nSPS) is 33.2. The number of Topliss-reactive ketones (excluding diaryl/α,β-unsaturated/α-hetero) is 1. The van der Waals surface area contributed by atoms with Crippen molar-refractivity contribution in [2.75, 3.05) is 0 Å². The Labute approximate surface area is 72.1 Å². The van der Waals surface area contributed by atoms with Gasteiger partial charge < -0.3 is 4.74 Å². The van der Waals surface area contributed by atoms with Crippen LogP contribution in [0.3, 0.4) is 0 Å². The van der Waals surface area contributed by atoms with Crippen LogP contribution in [0.5, 0.6) is 0 Å². The fourth-order valence-corrected chi connectivity index (χ4v) is 1.48. The molecule has 0 spiro atoms. The highest BCUT2D eigenvalue weighted by atomic mass is 16.6. The summed E-state index contributed by atoms with van der Waals surface area (Å²) in [6.07, 6.45) is 0.322. The van der Waals surface area contributed by atoms with Crippen LogP contribution in [0.2, 0.25) is 0 Å². The smallest absolute Gasteiger partial charge is 0.307 e. The van der Waals surface area contributed by atoms with Crippen molar-refractivity contribution in [1.29, 1.82) is 0 Å². The SMILES string of the molecule is CC(=O)C1(C)OC(=O)CC1(C)C. The first-order valence-corrected chi connectivity index (χ1v) is 4.02. The lowest BCUT2D eigenvalue weighted by Crippen LogP contribution is -2.44. The van der Waals surface area contributed by atoms with Gasteiger partial charge in [-0.1, -0.05) is 13.8 Å². The Morgan fingerprint density at radius 2 is 1.92 bits per heavy atom. The van der Waals surface area contributed by atoms with E-state index >= 15 is 0 Å². The van der Waals surface area contributed by atoms with Crippen molar-refractivity contribution in [1.82, 2.24) is 0 Å². The molecule has 1 rings (SSSR count). The third kappa shape index (κ3) is 1.04. The summed E-state index contributed by atoms with van der Waals surface area (Å²) >= 11 is 0. The number of cyclic esters (lactones) is 1. The highest BCUT2D eigenvalue weighted by Gasteiger charge is 2.54. The monoisotopic (exact) mass is 170 g/mol. The van der Waals surface area contributed by atoms with Crippen LogP contribution in [0, 0.1) is 5.41 Å². The molecule has 0 amide bonds. The minimum Gasteiger partial charge on any atom is -0.451 e. The van der Waals surface area contributed by atoms with Crippen LogP contribution in [0.1, 0.15) is 34.1 Å². The summed E-state index contributed by atoms with van der Waals surface area (Å²) in [6, 6.07) is 0. The molecule has 0 N–H and O–H groups in total. The standard InChI is InChI=1S/C9H14O3/c1-6(10)9(4)8(2,3)5-7(11)12-9/h5H2,1-4H3. The van der Waals surface area contributed by atoms with E-state index in [1.807, 2.05) is 13.8 Å². The highest BCUT2D eigenvalue weighted by molar-refractivity contribution is 5.91. The third-order valence-electron chi connectivity index (χ3n) is 2.87. The fraction of sp³-hybridized carbons (Fsp3) is 0.778. The van der Waals surface area contributed by atoms with Gasteiger partial charge in [-0.3, -0.25) is 9.59 Å². The summed E-state index contributed by atoms with van der Waals surface area (Å²) in [4.78, 5) is 22.3. The molecule has 0 radical (unpaired) electrons. The van der Waals surface area contributed by atoms with E-state index < -0.39 is 5.60 Å². The predicted octanol–water partition coefficient (Wildman–Crippen LogP) is 1.31. The maximum Gasteiger partial charge on any atom is 0.307 e. The van der Waals surface area contributed by atoms with Crippen molar-refractivity contribution < 1.29 is 14.3 Å². The molecule has 1 heterocycles. The fourth-order valence-electron chi connectivity index (χ4n) is 1.48. The zero-order valence-corrected chi connectivity index (χ0v) is 7.93. The lowest BCUT2D eigenvalue weighted by Gasteiger charge is -2.32. The summed E-state index contributed by atoms with van der Waals surface area (Å²) in [5, 5.41) is 0. The Bertz CT molecular complexity index is 242. The van der Waals surface area contributed by atoms with E-state index in [0.29, 0.717) is 6.42 Å². The van der Waals surface area contributed by atoms with Gasteiger partial charge in [0, 0.05) is 5.41 Å². The first-order valence-electron chi connectivity index (χ1n) is 4.02. The first-order chi connectivity index (χ1) is 5.29. The van der Waals surface area contributed by atoms with Gasteiger partial charge in [-0.2, -0.15) is 0 Å². The molecule has 0 bridgehead atoms. The van der Waals surface area contributed by atoms with Crippen molar-refractivity contribution in [3.8, 4) is 0 Å². The lowest BCUT2D eigenvalue weighted by molar-refractivity contribution is -0.158. The summed E-state index contributed by atoms with van der Waals surface area (Å²) in [5.41, 5.74) is -1.31. The van der Waals surface area contributed by atoms with Crippen LogP contribution in [0.25, 0.3) is 0 Å². The first kappa shape index (κ1) is 9.23. The van der Waals surface area contributed by atoms with Crippen LogP contribution >= 0.6 is 0 Å². The van der Waals surface area contributed by atoms with E-state index in [2.05, 4.69) is 0 Å². The van der Waals surface area contributed by atoms with Gasteiger partial charge in [-0.05, 0) is 13.8 Å². The zero-order valence-electron chi connectivity index (χ0n) is 7.93. The average Bonchev–Trinajstić information content (AvgIpc) is 2.02. The number of carbonyl (C=O) groups is 2. The van der Waals surface area contributed by atoms with Crippen LogP contribution < -0.4 is 0 Å². The molecule has 1 saturated heterocycles. The van der Waals surface area contributed by atoms with Crippen molar-refractivity contribution in [3.05, 3.63) is 0 Å². The second-order valence-corrected chi connectivity index (χ2v) is 4.12. The molecule has 1 unspecified atom stereocenters. The van der Waals surface area contributed by atoms with E-state index in [0.717, 1.165) is 0 Å². The summed E-state index contributed by atoms with van der Waals surface area (Å²) in [5.74, 6) is -0.365. The van der Waals surface area contributed by atoms with Crippen molar-refractivity contribution in [2.24, 2.45) is 5.41 Å². The van der Waals surface area contributed by atoms with Gasteiger partial charge in [0.2, 0.25) is 0 Å². The molecule has 12 heavy (non-hydrogen) atoms. The van der Waals surface area contributed by atoms with E-state index in [1.165, 1.54) is 6.92 Å². The molecular formula is C9H14O3. The second-order valence-electron chi connectivity index (χ2n) is 4.12. The molecule has 0 aromatic heterocycles. The van der Waals surface area contributed by atoms with Gasteiger partial charge in [0.05, 0.1) is 6.42 Å². The van der Waals surface area contributed by atoms with Gasteiger partial charge in [-0.15, -0.1) is 0 Å². The number of hydrogen-bond acceptors (Lipinski definition) is 3. The number of ketones is 1. The zero-order chi connectivity index (χ0) is 9.57. The molecule has 1 fully saturated rings. The highest BCUT2D eigenvalue weighted by Crippen LogP contribution is 2.43. The molecule has 0 aliphatic carbocycles. The molecule has 0 aromatic rings. The Balaban J connectivity index is 3.05. The summed E-state index contributed by atoms with van der Waals surface area (Å²) < 4.78 is 5.04. The van der Waals surface area contributed by atoms with Crippen LogP contribution in [-0.2, 0) is 14.3 Å². The van der Waals surface area contributed by atoms with Gasteiger partial charge in [0.1, 0.15) is 0 Å². The summed E-state index contributed by atoms with van der Waals surface area (Å²) in [6.45, 7) is 6.89. The van der Waals surface area contributed by atoms with E-state index in [9.17, 15) is 9.59 Å². The van der Waals surface area contributed by atoms with Crippen molar-refractivity contribution in [2.45, 2.75) is 39.7 Å². The number of ether oxygens (including phenoxy) is 1. The van der Waals surface area contributed by atoms with Gasteiger partial charge >= 0.3 is 5.97 Å². The lowest BCUT2D eigenvalue weighted by atomic mass is 9.74. The van der Waals surface area contributed by atoms with Crippen LogP contribution in [0.4, 0.5) is 0 Å². The molecule has 1 atom stereocenters. The van der Waals surface area contributed by atoms with Crippen molar-refractivity contribution >= 4 is 11.8 Å². The topological polar surface area (TPSA) is 43.4 Å². The Hall–Kier alpha value is -0.860. The quantitative estimate of drug-likeness (QED) is 0.557. The maximum atomic E-state index is 11.3. The molecule has 3 heteroatoms. The Morgan fingerprint density at radius 1 is 1.42 bits per heavy atom. The average molecular weight is 170 g/mol. The molecule has 68 valence electrons.